The zero-order chi connectivity index (χ0) is 30.6. The fourth-order valence-corrected chi connectivity index (χ4v) is 7.81. The minimum Gasteiger partial charge on any atom is -0.309 e. The van der Waals surface area contributed by atoms with Gasteiger partial charge in [0.1, 0.15) is 5.65 Å². The quantitative estimate of drug-likeness (QED) is 0.198. The average Bonchev–Trinajstić information content (AvgIpc) is 3.79. The summed E-state index contributed by atoms with van der Waals surface area (Å²) < 4.78 is 6.96. The Morgan fingerprint density at radius 2 is 0.979 bits per heavy atom. The predicted molar refractivity (Wildman–Crippen MR) is 194 cm³/mol. The normalized spacial score (nSPS) is 12.3. The Labute approximate surface area is 268 Å². The third kappa shape index (κ3) is 3.27. The maximum atomic E-state index is 5.38. The largest absolute Gasteiger partial charge is 0.309 e. The number of hydrogen-bond acceptors (Lipinski definition) is 2. The highest BCUT2D eigenvalue weighted by atomic mass is 15.2. The lowest BCUT2D eigenvalue weighted by atomic mass is 10.0. The van der Waals surface area contributed by atoms with Crippen molar-refractivity contribution >= 4 is 82.0 Å². The second-order valence-electron chi connectivity index (χ2n) is 12.3. The van der Waals surface area contributed by atoms with E-state index in [-0.39, 0.29) is 0 Å². The molecule has 4 heterocycles. The summed E-state index contributed by atoms with van der Waals surface area (Å²) in [4.78, 5) is 10.5. The van der Waals surface area contributed by atoms with Crippen molar-refractivity contribution < 1.29 is 0 Å². The fraction of sp³-hybridized carbons (Fsp3) is 0. The first-order valence-corrected chi connectivity index (χ1v) is 15.9. The van der Waals surface area contributed by atoms with Crippen molar-refractivity contribution in [1.82, 2.24) is 23.5 Å². The SMILES string of the molecule is c1ccc2c(c1)ccc1c2c2cc(-n3c4ccccc4c4ccccc43)ccc2n1-c1nc2ccccc2c2nc3ccccc3n12. The van der Waals surface area contributed by atoms with Crippen LogP contribution in [-0.2, 0) is 0 Å². The van der Waals surface area contributed by atoms with Crippen LogP contribution in [0.2, 0.25) is 0 Å². The molecule has 5 heteroatoms. The monoisotopic (exact) mass is 599 g/mol. The summed E-state index contributed by atoms with van der Waals surface area (Å²) >= 11 is 0. The second kappa shape index (κ2) is 9.05. The smallest absolute Gasteiger partial charge is 0.221 e. The van der Waals surface area contributed by atoms with Gasteiger partial charge in [0.05, 0.1) is 38.6 Å². The van der Waals surface area contributed by atoms with Crippen LogP contribution in [0, 0.1) is 0 Å². The van der Waals surface area contributed by atoms with Gasteiger partial charge >= 0.3 is 0 Å². The molecule has 4 aromatic heterocycles. The Kier molecular flexibility index (Phi) is 4.78. The fourth-order valence-electron chi connectivity index (χ4n) is 7.81. The summed E-state index contributed by atoms with van der Waals surface area (Å²) in [6, 6.07) is 54.1. The summed E-state index contributed by atoms with van der Waals surface area (Å²) in [7, 11) is 0. The molecule has 0 N–H and O–H groups in total. The van der Waals surface area contributed by atoms with E-state index in [0.29, 0.717) is 0 Å². The van der Waals surface area contributed by atoms with Crippen LogP contribution >= 0.6 is 0 Å². The van der Waals surface area contributed by atoms with Crippen LogP contribution in [-0.4, -0.2) is 23.5 Å². The highest BCUT2D eigenvalue weighted by Crippen LogP contribution is 2.40. The number of para-hydroxylation sites is 5. The first-order chi connectivity index (χ1) is 23.3. The molecule has 0 aliphatic carbocycles. The van der Waals surface area contributed by atoms with Crippen molar-refractivity contribution in [2.45, 2.75) is 0 Å². The summed E-state index contributed by atoms with van der Waals surface area (Å²) in [5.41, 5.74) is 9.55. The van der Waals surface area contributed by atoms with Crippen LogP contribution in [0.1, 0.15) is 0 Å². The Morgan fingerprint density at radius 3 is 1.77 bits per heavy atom. The van der Waals surface area contributed by atoms with Crippen molar-refractivity contribution in [3.63, 3.8) is 0 Å². The van der Waals surface area contributed by atoms with Gasteiger partial charge in [-0.05, 0) is 71.4 Å². The van der Waals surface area contributed by atoms with Gasteiger partial charge in [0, 0.05) is 32.6 Å². The first kappa shape index (κ1) is 24.8. The van der Waals surface area contributed by atoms with Crippen molar-refractivity contribution in [2.24, 2.45) is 0 Å². The summed E-state index contributed by atoms with van der Waals surface area (Å²) in [6.07, 6.45) is 0. The van der Waals surface area contributed by atoms with E-state index in [2.05, 4.69) is 159 Å². The number of hydrogen-bond donors (Lipinski definition) is 0. The molecule has 218 valence electrons. The highest BCUT2D eigenvalue weighted by molar-refractivity contribution is 6.22. The summed E-state index contributed by atoms with van der Waals surface area (Å²) in [6.45, 7) is 0. The van der Waals surface area contributed by atoms with Gasteiger partial charge in [-0.2, -0.15) is 0 Å². The predicted octanol–water partition coefficient (Wildman–Crippen LogP) is 10.4. The van der Waals surface area contributed by atoms with Crippen LogP contribution in [0.5, 0.6) is 0 Å². The molecule has 0 bridgehead atoms. The summed E-state index contributed by atoms with van der Waals surface area (Å²) in [5, 5.41) is 8.38. The van der Waals surface area contributed by atoms with E-state index >= 15 is 0 Å². The van der Waals surface area contributed by atoms with Crippen molar-refractivity contribution in [1.29, 1.82) is 0 Å². The Bertz CT molecular complexity index is 3030. The van der Waals surface area contributed by atoms with Crippen LogP contribution < -0.4 is 0 Å². The maximum Gasteiger partial charge on any atom is 0.221 e. The molecule has 11 aromatic rings. The van der Waals surface area contributed by atoms with Gasteiger partial charge in [-0.15, -0.1) is 0 Å². The molecular weight excluding hydrogens is 574 g/mol. The number of fused-ring (bicyclic) bond motifs is 13. The van der Waals surface area contributed by atoms with Gasteiger partial charge in [0.15, 0.2) is 0 Å². The number of imidazole rings is 1. The lowest BCUT2D eigenvalue weighted by molar-refractivity contribution is 0.979. The lowest BCUT2D eigenvalue weighted by Gasteiger charge is -2.13. The van der Waals surface area contributed by atoms with Gasteiger partial charge in [-0.25, -0.2) is 9.97 Å². The number of benzene rings is 7. The minimum absolute atomic E-state index is 0.826. The molecule has 0 aliphatic rings. The van der Waals surface area contributed by atoms with E-state index in [4.69, 9.17) is 9.97 Å². The van der Waals surface area contributed by atoms with E-state index in [1.54, 1.807) is 0 Å². The standard InChI is InChI=1S/C42H25N5/c1-2-12-28-26(11-1)21-23-39-40(28)32-25-27(45-35-18-8-4-13-29(35)30-14-5-9-19-36(30)45)22-24-37(32)46(39)42-44-33-16-6-3-15-31(33)41-43-34-17-7-10-20-38(34)47(41)42/h1-25H. The Morgan fingerprint density at radius 1 is 0.383 bits per heavy atom. The maximum absolute atomic E-state index is 5.38. The zero-order valence-electron chi connectivity index (χ0n) is 25.2. The van der Waals surface area contributed by atoms with Gasteiger partial charge in [0.25, 0.3) is 0 Å². The van der Waals surface area contributed by atoms with E-state index in [9.17, 15) is 0 Å². The van der Waals surface area contributed by atoms with E-state index in [1.807, 2.05) is 6.07 Å². The second-order valence-corrected chi connectivity index (χ2v) is 12.3. The van der Waals surface area contributed by atoms with Gasteiger partial charge in [-0.1, -0.05) is 91.0 Å². The first-order valence-electron chi connectivity index (χ1n) is 15.9. The molecule has 0 fully saturated rings. The van der Waals surface area contributed by atoms with Crippen LogP contribution in [0.15, 0.2) is 152 Å². The average molecular weight is 600 g/mol. The van der Waals surface area contributed by atoms with E-state index < -0.39 is 0 Å². The molecule has 0 unspecified atom stereocenters. The van der Waals surface area contributed by atoms with Crippen molar-refractivity contribution in [2.75, 3.05) is 0 Å². The molecule has 0 saturated carbocycles. The molecule has 0 aliphatic heterocycles. The molecule has 0 atom stereocenters. The molecule has 5 nitrogen and oxygen atoms in total. The third-order valence-electron chi connectivity index (χ3n) is 9.80. The van der Waals surface area contributed by atoms with E-state index in [0.717, 1.165) is 50.3 Å². The Hall–Kier alpha value is -6.46. The number of nitrogens with zero attached hydrogens (tertiary/aromatic N) is 5. The molecule has 0 amide bonds. The van der Waals surface area contributed by atoms with Gasteiger partial charge < -0.3 is 4.57 Å². The molecule has 11 rings (SSSR count). The highest BCUT2D eigenvalue weighted by Gasteiger charge is 2.22. The lowest BCUT2D eigenvalue weighted by Crippen LogP contribution is -2.06. The Balaban J connectivity index is 1.33. The number of rotatable bonds is 2. The van der Waals surface area contributed by atoms with E-state index in [1.165, 1.54) is 43.4 Å². The molecule has 0 spiro atoms. The molecule has 47 heavy (non-hydrogen) atoms. The molecule has 0 radical (unpaired) electrons. The van der Waals surface area contributed by atoms with Crippen LogP contribution in [0.4, 0.5) is 0 Å². The third-order valence-corrected chi connectivity index (χ3v) is 9.80. The summed E-state index contributed by atoms with van der Waals surface area (Å²) in [5.74, 6) is 0.826. The molecular formula is C42H25N5. The molecule has 7 aromatic carbocycles. The van der Waals surface area contributed by atoms with Crippen LogP contribution in [0.3, 0.4) is 0 Å². The number of aromatic nitrogens is 5. The van der Waals surface area contributed by atoms with Crippen molar-refractivity contribution in [3.8, 4) is 11.6 Å². The van der Waals surface area contributed by atoms with Crippen molar-refractivity contribution in [3.05, 3.63) is 152 Å². The molecule has 0 saturated heterocycles. The minimum atomic E-state index is 0.826. The van der Waals surface area contributed by atoms with Gasteiger partial charge in [0.2, 0.25) is 5.95 Å². The van der Waals surface area contributed by atoms with Crippen LogP contribution in [0.25, 0.3) is 93.6 Å². The zero-order valence-corrected chi connectivity index (χ0v) is 25.2. The topological polar surface area (TPSA) is 40.0 Å². The van der Waals surface area contributed by atoms with Gasteiger partial charge in [-0.3, -0.25) is 8.97 Å².